The lowest BCUT2D eigenvalue weighted by Crippen LogP contribution is -2.24. The number of fused-ring (bicyclic) bond motifs is 1. The van der Waals surface area contributed by atoms with Crippen molar-refractivity contribution in [3.63, 3.8) is 0 Å². The zero-order valence-corrected chi connectivity index (χ0v) is 11.9. The van der Waals surface area contributed by atoms with Crippen molar-refractivity contribution in [3.05, 3.63) is 29.3 Å². The van der Waals surface area contributed by atoms with Crippen molar-refractivity contribution in [2.24, 2.45) is 5.73 Å². The molecular formula is C15H21F2NO2. The Kier molecular flexibility index (Phi) is 4.60. The first-order chi connectivity index (χ1) is 9.37. The summed E-state index contributed by atoms with van der Waals surface area (Å²) >= 11 is 0. The first-order valence-corrected chi connectivity index (χ1v) is 6.81. The Morgan fingerprint density at radius 2 is 2.15 bits per heavy atom. The number of ether oxygens (including phenoxy) is 2. The third-order valence-corrected chi connectivity index (χ3v) is 3.33. The molecule has 0 amide bonds. The van der Waals surface area contributed by atoms with Gasteiger partial charge in [0, 0.05) is 19.1 Å². The molecule has 1 unspecified atom stereocenters. The summed E-state index contributed by atoms with van der Waals surface area (Å²) in [5.74, 6) is 0.903. The average Bonchev–Trinajstić information content (AvgIpc) is 2.66. The van der Waals surface area contributed by atoms with Gasteiger partial charge in [-0.05, 0) is 37.5 Å². The van der Waals surface area contributed by atoms with Crippen LogP contribution in [0.1, 0.15) is 37.4 Å². The van der Waals surface area contributed by atoms with E-state index in [1.807, 2.05) is 32.0 Å². The Morgan fingerprint density at radius 3 is 2.85 bits per heavy atom. The molecule has 1 atom stereocenters. The Morgan fingerprint density at radius 1 is 1.40 bits per heavy atom. The molecule has 0 radical (unpaired) electrons. The van der Waals surface area contributed by atoms with Crippen molar-refractivity contribution in [2.75, 3.05) is 13.2 Å². The van der Waals surface area contributed by atoms with E-state index in [9.17, 15) is 8.78 Å². The summed E-state index contributed by atoms with van der Waals surface area (Å²) in [6, 6.07) is 5.70. The topological polar surface area (TPSA) is 44.5 Å². The summed E-state index contributed by atoms with van der Waals surface area (Å²) in [7, 11) is 0. The fourth-order valence-electron chi connectivity index (χ4n) is 2.41. The van der Waals surface area contributed by atoms with Gasteiger partial charge in [0.1, 0.15) is 18.0 Å². The fourth-order valence-corrected chi connectivity index (χ4v) is 2.41. The van der Waals surface area contributed by atoms with Gasteiger partial charge >= 0.3 is 0 Å². The molecule has 3 nitrogen and oxygen atoms in total. The Hall–Kier alpha value is -1.20. The number of alkyl halides is 2. The summed E-state index contributed by atoms with van der Waals surface area (Å²) < 4.78 is 34.5. The first-order valence-electron chi connectivity index (χ1n) is 6.81. The monoisotopic (exact) mass is 285 g/mol. The summed E-state index contributed by atoms with van der Waals surface area (Å²) in [5, 5.41) is 0. The van der Waals surface area contributed by atoms with Gasteiger partial charge in [-0.1, -0.05) is 12.1 Å². The van der Waals surface area contributed by atoms with E-state index < -0.39 is 13.0 Å². The molecule has 1 aliphatic heterocycles. The number of rotatable bonds is 6. The molecule has 0 saturated heterocycles. The fraction of sp³-hybridized carbons (Fsp3) is 0.600. The molecule has 0 aromatic heterocycles. The van der Waals surface area contributed by atoms with Crippen LogP contribution in [0.15, 0.2) is 18.2 Å². The quantitative estimate of drug-likeness (QED) is 0.817. The molecule has 2 rings (SSSR count). The van der Waals surface area contributed by atoms with Crippen LogP contribution in [0, 0.1) is 0 Å². The summed E-state index contributed by atoms with van der Waals surface area (Å²) in [4.78, 5) is 0. The van der Waals surface area contributed by atoms with Gasteiger partial charge < -0.3 is 15.2 Å². The van der Waals surface area contributed by atoms with E-state index in [0.29, 0.717) is 6.42 Å². The smallest absolute Gasteiger partial charge is 0.261 e. The van der Waals surface area contributed by atoms with Crippen LogP contribution < -0.4 is 10.5 Å². The molecule has 1 aliphatic rings. The third-order valence-electron chi connectivity index (χ3n) is 3.33. The van der Waals surface area contributed by atoms with E-state index in [-0.39, 0.29) is 18.2 Å². The maximum absolute atomic E-state index is 11.9. The average molecular weight is 285 g/mol. The number of benzene rings is 1. The first kappa shape index (κ1) is 15.2. The molecule has 2 N–H and O–H groups in total. The van der Waals surface area contributed by atoms with Crippen LogP contribution in [0.5, 0.6) is 5.75 Å². The van der Waals surface area contributed by atoms with Gasteiger partial charge in [0.05, 0.1) is 0 Å². The van der Waals surface area contributed by atoms with Crippen LogP contribution in [0.2, 0.25) is 0 Å². The zero-order chi connectivity index (χ0) is 14.8. The molecule has 1 aromatic carbocycles. The molecule has 0 spiro atoms. The lowest BCUT2D eigenvalue weighted by molar-refractivity contribution is 0.0152. The van der Waals surface area contributed by atoms with E-state index in [0.717, 1.165) is 23.3 Å². The predicted octanol–water partition coefficient (Wildman–Crippen LogP) is 3.07. The number of hydrogen-bond acceptors (Lipinski definition) is 3. The largest absolute Gasteiger partial charge is 0.487 e. The third kappa shape index (κ3) is 3.90. The van der Waals surface area contributed by atoms with Crippen LogP contribution in [0.25, 0.3) is 0 Å². The van der Waals surface area contributed by atoms with Gasteiger partial charge in [0.25, 0.3) is 6.43 Å². The van der Waals surface area contributed by atoms with Crippen molar-refractivity contribution in [1.29, 1.82) is 0 Å². The highest BCUT2D eigenvalue weighted by molar-refractivity contribution is 5.42. The molecule has 20 heavy (non-hydrogen) atoms. The zero-order valence-electron chi connectivity index (χ0n) is 11.9. The second-order valence-corrected chi connectivity index (χ2v) is 5.77. The maximum atomic E-state index is 11.9. The lowest BCUT2D eigenvalue weighted by atomic mass is 9.97. The Balaban J connectivity index is 1.90. The van der Waals surface area contributed by atoms with Crippen molar-refractivity contribution >= 4 is 0 Å². The molecular weight excluding hydrogens is 264 g/mol. The highest BCUT2D eigenvalue weighted by Crippen LogP contribution is 2.36. The molecule has 0 aliphatic carbocycles. The predicted molar refractivity (Wildman–Crippen MR) is 73.2 cm³/mol. The van der Waals surface area contributed by atoms with Crippen LogP contribution in [-0.4, -0.2) is 25.2 Å². The molecule has 1 aromatic rings. The highest BCUT2D eigenvalue weighted by atomic mass is 19.3. The normalized spacial score (nSPS) is 17.9. The summed E-state index contributed by atoms with van der Waals surface area (Å²) in [5.41, 5.74) is 8.03. The minimum atomic E-state index is -2.43. The van der Waals surface area contributed by atoms with Gasteiger partial charge in [-0.3, -0.25) is 0 Å². The summed E-state index contributed by atoms with van der Waals surface area (Å²) in [6.07, 6.45) is -1.05. The van der Waals surface area contributed by atoms with E-state index in [1.165, 1.54) is 0 Å². The summed E-state index contributed by atoms with van der Waals surface area (Å²) in [6.45, 7) is 3.80. The maximum Gasteiger partial charge on any atom is 0.261 e. The van der Waals surface area contributed by atoms with E-state index in [4.69, 9.17) is 15.2 Å². The van der Waals surface area contributed by atoms with E-state index >= 15 is 0 Å². The lowest BCUT2D eigenvalue weighted by Gasteiger charge is -2.16. The van der Waals surface area contributed by atoms with Crippen molar-refractivity contribution in [1.82, 2.24) is 0 Å². The van der Waals surface area contributed by atoms with Crippen LogP contribution in [0.3, 0.4) is 0 Å². The second kappa shape index (κ2) is 6.06. The molecule has 112 valence electrons. The minimum Gasteiger partial charge on any atom is -0.487 e. The molecule has 5 heteroatoms. The Bertz CT molecular complexity index is 463. The van der Waals surface area contributed by atoms with Gasteiger partial charge in [-0.25, -0.2) is 8.78 Å². The van der Waals surface area contributed by atoms with Crippen molar-refractivity contribution in [3.8, 4) is 5.75 Å². The number of halogens is 2. The van der Waals surface area contributed by atoms with Gasteiger partial charge in [-0.2, -0.15) is 0 Å². The molecule has 0 saturated carbocycles. The van der Waals surface area contributed by atoms with Gasteiger partial charge in [-0.15, -0.1) is 0 Å². The molecule has 0 fully saturated rings. The Labute approximate surface area is 118 Å². The SMILES string of the molecule is CC1(C)Cc2cc(C(N)CCOCC(F)F)ccc2O1. The van der Waals surface area contributed by atoms with E-state index in [1.54, 1.807) is 0 Å². The van der Waals surface area contributed by atoms with Crippen LogP contribution in [0.4, 0.5) is 8.78 Å². The van der Waals surface area contributed by atoms with Crippen LogP contribution in [-0.2, 0) is 11.2 Å². The standard InChI is InChI=1S/C15H21F2NO2/c1-15(2)8-11-7-10(3-4-13(11)20-15)12(18)5-6-19-9-14(16)17/h3-4,7,12,14H,5-6,8-9,18H2,1-2H3. The number of hydrogen-bond donors (Lipinski definition) is 1. The number of nitrogens with two attached hydrogens (primary N) is 1. The second-order valence-electron chi connectivity index (χ2n) is 5.77. The molecule has 0 bridgehead atoms. The molecule has 1 heterocycles. The minimum absolute atomic E-state index is 0.175. The van der Waals surface area contributed by atoms with Gasteiger partial charge in [0.2, 0.25) is 0 Å². The highest BCUT2D eigenvalue weighted by Gasteiger charge is 2.30. The van der Waals surface area contributed by atoms with Gasteiger partial charge in [0.15, 0.2) is 0 Å². The van der Waals surface area contributed by atoms with E-state index in [2.05, 4.69) is 0 Å². The van der Waals surface area contributed by atoms with Crippen molar-refractivity contribution in [2.45, 2.75) is 44.8 Å². The van der Waals surface area contributed by atoms with Crippen molar-refractivity contribution < 1.29 is 18.3 Å². The van der Waals surface area contributed by atoms with Crippen LogP contribution >= 0.6 is 0 Å².